The van der Waals surface area contributed by atoms with Gasteiger partial charge in [-0.2, -0.15) is 10.5 Å². The second kappa shape index (κ2) is 8.14. The monoisotopic (exact) mass is 348 g/mol. The molecule has 0 aliphatic heterocycles. The third kappa shape index (κ3) is 4.98. The third-order valence-corrected chi connectivity index (χ3v) is 3.26. The largest absolute Gasteiger partial charge is 0.207 e. The minimum absolute atomic E-state index is 0.359. The highest BCUT2D eigenvalue weighted by molar-refractivity contribution is 9.08. The number of aryl methyl sites for hydroxylation is 1. The minimum Gasteiger partial charge on any atom is -0.207 e. The molecular formula is C16H11BrF2N2. The zero-order chi connectivity index (χ0) is 15.8. The van der Waals surface area contributed by atoms with Crippen LogP contribution in [0.3, 0.4) is 0 Å². The molecule has 0 heterocycles. The van der Waals surface area contributed by atoms with Gasteiger partial charge in [0.1, 0.15) is 11.6 Å². The van der Waals surface area contributed by atoms with Crippen molar-refractivity contribution in [3.05, 3.63) is 70.3 Å². The Morgan fingerprint density at radius 3 is 1.95 bits per heavy atom. The molecule has 0 saturated heterocycles. The summed E-state index contributed by atoms with van der Waals surface area (Å²) in [5, 5.41) is 17.5. The van der Waals surface area contributed by atoms with Crippen LogP contribution >= 0.6 is 15.9 Å². The average molecular weight is 349 g/mol. The molecule has 106 valence electrons. The first-order valence-electron chi connectivity index (χ1n) is 5.92. The summed E-state index contributed by atoms with van der Waals surface area (Å²) in [6, 6.07) is 12.2. The first-order valence-corrected chi connectivity index (χ1v) is 7.04. The molecule has 0 radical (unpaired) electrons. The number of hydrogen-bond acceptors (Lipinski definition) is 2. The smallest absolute Gasteiger partial charge is 0.124 e. The molecule has 2 nitrogen and oxygen atoms in total. The zero-order valence-electron chi connectivity index (χ0n) is 11.2. The SMILES string of the molecule is Cc1ccc(F)cc1C#N.N#Cc1cc(F)ccc1CBr. The van der Waals surface area contributed by atoms with Gasteiger partial charge in [-0.3, -0.25) is 0 Å². The Morgan fingerprint density at radius 1 is 0.952 bits per heavy atom. The second-order valence-electron chi connectivity index (χ2n) is 4.12. The van der Waals surface area contributed by atoms with Gasteiger partial charge in [0.05, 0.1) is 23.3 Å². The lowest BCUT2D eigenvalue weighted by molar-refractivity contribution is 0.626. The van der Waals surface area contributed by atoms with Gasteiger partial charge in [0.15, 0.2) is 0 Å². The van der Waals surface area contributed by atoms with Crippen LogP contribution in [0.5, 0.6) is 0 Å². The Balaban J connectivity index is 0.000000211. The maximum Gasteiger partial charge on any atom is 0.124 e. The van der Waals surface area contributed by atoms with Crippen LogP contribution in [0.4, 0.5) is 8.78 Å². The summed E-state index contributed by atoms with van der Waals surface area (Å²) in [6.07, 6.45) is 0. The Hall–Kier alpha value is -2.24. The summed E-state index contributed by atoms with van der Waals surface area (Å²) >= 11 is 3.20. The van der Waals surface area contributed by atoms with E-state index in [0.29, 0.717) is 16.5 Å². The van der Waals surface area contributed by atoms with E-state index in [1.807, 2.05) is 12.1 Å². The molecule has 0 bridgehead atoms. The molecule has 2 rings (SSSR count). The lowest BCUT2D eigenvalue weighted by Gasteiger charge is -1.97. The van der Waals surface area contributed by atoms with Crippen molar-refractivity contribution in [1.29, 1.82) is 10.5 Å². The van der Waals surface area contributed by atoms with E-state index < -0.39 is 0 Å². The lowest BCUT2D eigenvalue weighted by Crippen LogP contribution is -1.86. The molecule has 0 aliphatic carbocycles. The summed E-state index contributed by atoms with van der Waals surface area (Å²) in [4.78, 5) is 0. The summed E-state index contributed by atoms with van der Waals surface area (Å²) in [7, 11) is 0. The van der Waals surface area contributed by atoms with E-state index in [0.717, 1.165) is 11.1 Å². The fourth-order valence-corrected chi connectivity index (χ4v) is 1.97. The maximum absolute atomic E-state index is 12.5. The van der Waals surface area contributed by atoms with Gasteiger partial charge in [-0.05, 0) is 42.3 Å². The number of nitrogens with zero attached hydrogens (tertiary/aromatic N) is 2. The summed E-state index contributed by atoms with van der Waals surface area (Å²) in [5.74, 6) is -0.728. The molecule has 0 atom stereocenters. The first kappa shape index (κ1) is 16.8. The molecule has 0 N–H and O–H groups in total. The Labute approximate surface area is 130 Å². The van der Waals surface area contributed by atoms with Crippen LogP contribution in [0, 0.1) is 41.2 Å². The van der Waals surface area contributed by atoms with Gasteiger partial charge in [-0.1, -0.05) is 28.1 Å². The normalized spacial score (nSPS) is 9.05. The van der Waals surface area contributed by atoms with Crippen LogP contribution in [-0.2, 0) is 5.33 Å². The van der Waals surface area contributed by atoms with E-state index >= 15 is 0 Å². The summed E-state index contributed by atoms with van der Waals surface area (Å²) in [6.45, 7) is 1.78. The number of rotatable bonds is 1. The Bertz CT molecular complexity index is 715. The molecule has 0 spiro atoms. The molecule has 2 aromatic carbocycles. The molecule has 21 heavy (non-hydrogen) atoms. The third-order valence-electron chi connectivity index (χ3n) is 2.66. The molecule has 2 aromatic rings. The summed E-state index contributed by atoms with van der Waals surface area (Å²) < 4.78 is 24.9. The topological polar surface area (TPSA) is 47.6 Å². The van der Waals surface area contributed by atoms with E-state index in [2.05, 4.69) is 15.9 Å². The minimum atomic E-state index is -0.369. The van der Waals surface area contributed by atoms with Crippen molar-refractivity contribution < 1.29 is 8.78 Å². The van der Waals surface area contributed by atoms with Crippen LogP contribution in [0.1, 0.15) is 22.3 Å². The van der Waals surface area contributed by atoms with Crippen LogP contribution in [0.15, 0.2) is 36.4 Å². The Morgan fingerprint density at radius 2 is 1.48 bits per heavy atom. The fourth-order valence-electron chi connectivity index (χ4n) is 1.48. The van der Waals surface area contributed by atoms with Crippen molar-refractivity contribution in [2.24, 2.45) is 0 Å². The van der Waals surface area contributed by atoms with Crippen molar-refractivity contribution in [3.8, 4) is 12.1 Å². The van der Waals surface area contributed by atoms with Crippen molar-refractivity contribution in [3.63, 3.8) is 0 Å². The highest BCUT2D eigenvalue weighted by Gasteiger charge is 2.00. The van der Waals surface area contributed by atoms with Gasteiger partial charge in [0, 0.05) is 5.33 Å². The van der Waals surface area contributed by atoms with Crippen molar-refractivity contribution in [1.82, 2.24) is 0 Å². The zero-order valence-corrected chi connectivity index (χ0v) is 12.8. The fraction of sp³-hybridized carbons (Fsp3) is 0.125. The van der Waals surface area contributed by atoms with Crippen LogP contribution < -0.4 is 0 Å². The molecule has 0 amide bonds. The molecule has 0 aliphatic rings. The quantitative estimate of drug-likeness (QED) is 0.707. The van der Waals surface area contributed by atoms with E-state index in [-0.39, 0.29) is 11.6 Å². The van der Waals surface area contributed by atoms with Crippen molar-refractivity contribution in [2.75, 3.05) is 0 Å². The molecule has 0 fully saturated rings. The maximum atomic E-state index is 12.5. The van der Waals surface area contributed by atoms with E-state index in [4.69, 9.17) is 10.5 Å². The van der Waals surface area contributed by atoms with Gasteiger partial charge < -0.3 is 0 Å². The molecule has 5 heteroatoms. The van der Waals surface area contributed by atoms with Gasteiger partial charge >= 0.3 is 0 Å². The van der Waals surface area contributed by atoms with Crippen LogP contribution in [-0.4, -0.2) is 0 Å². The van der Waals surface area contributed by atoms with E-state index in [1.165, 1.54) is 24.3 Å². The summed E-state index contributed by atoms with van der Waals surface area (Å²) in [5.41, 5.74) is 2.42. The molecular weight excluding hydrogens is 338 g/mol. The van der Waals surface area contributed by atoms with Gasteiger partial charge in [0.2, 0.25) is 0 Å². The highest BCUT2D eigenvalue weighted by Crippen LogP contribution is 2.13. The van der Waals surface area contributed by atoms with Crippen molar-refractivity contribution in [2.45, 2.75) is 12.3 Å². The predicted molar refractivity (Wildman–Crippen MR) is 79.6 cm³/mol. The standard InChI is InChI=1S/C8H5BrFN.C8H6FN/c9-4-6-1-2-8(10)3-7(6)5-11;1-6-2-3-8(9)4-7(6)5-10/h1-3H,4H2;2-4H,1H3. The van der Waals surface area contributed by atoms with Gasteiger partial charge in [0.25, 0.3) is 0 Å². The average Bonchev–Trinajstić information content (AvgIpc) is 2.50. The number of nitriles is 2. The van der Waals surface area contributed by atoms with E-state index in [1.54, 1.807) is 19.1 Å². The van der Waals surface area contributed by atoms with Gasteiger partial charge in [-0.25, -0.2) is 8.78 Å². The highest BCUT2D eigenvalue weighted by atomic mass is 79.9. The Kier molecular flexibility index (Phi) is 6.52. The predicted octanol–water partition coefficient (Wildman–Crippen LogP) is 4.60. The molecule has 0 aromatic heterocycles. The van der Waals surface area contributed by atoms with Crippen LogP contribution in [0.2, 0.25) is 0 Å². The number of alkyl halides is 1. The van der Waals surface area contributed by atoms with Crippen molar-refractivity contribution >= 4 is 15.9 Å². The molecule has 0 unspecified atom stereocenters. The molecule has 0 saturated carbocycles. The lowest BCUT2D eigenvalue weighted by atomic mass is 10.1. The first-order chi connectivity index (χ1) is 10.0. The van der Waals surface area contributed by atoms with Gasteiger partial charge in [-0.15, -0.1) is 0 Å². The number of benzene rings is 2. The van der Waals surface area contributed by atoms with E-state index in [9.17, 15) is 8.78 Å². The van der Waals surface area contributed by atoms with Crippen LogP contribution in [0.25, 0.3) is 0 Å². The number of halogens is 3. The number of hydrogen-bond donors (Lipinski definition) is 0. The second-order valence-corrected chi connectivity index (χ2v) is 4.68.